The lowest BCUT2D eigenvalue weighted by molar-refractivity contribution is -0.384. The van der Waals surface area contributed by atoms with Crippen molar-refractivity contribution in [2.24, 2.45) is 0 Å². The number of rotatable bonds is 4. The third kappa shape index (κ3) is 3.90. The van der Waals surface area contributed by atoms with Gasteiger partial charge < -0.3 is 16.0 Å². The van der Waals surface area contributed by atoms with Crippen LogP contribution in [-0.4, -0.2) is 44.0 Å². The molecule has 1 saturated heterocycles. The minimum absolute atomic E-state index is 0.133. The SMILES string of the molecule is Cc1cc(N2CCC(Nc3ncc([N+](=O)[O-])c(N)n3)CC2)nc(C)n1. The lowest BCUT2D eigenvalue weighted by Gasteiger charge is -2.33. The van der Waals surface area contributed by atoms with Gasteiger partial charge in [-0.2, -0.15) is 4.98 Å². The molecule has 10 heteroatoms. The normalized spacial score (nSPS) is 15.2. The standard InChI is InChI=1S/C15H20N8O2/c1-9-7-13(19-10(2)18-9)22-5-3-11(4-6-22)20-15-17-8-12(23(24)25)14(16)21-15/h7-8,11H,3-6H2,1-2H3,(H3,16,17,20,21). The molecule has 3 heterocycles. The number of aromatic nitrogens is 4. The molecule has 0 atom stereocenters. The summed E-state index contributed by atoms with van der Waals surface area (Å²) < 4.78 is 0. The van der Waals surface area contributed by atoms with Crippen molar-refractivity contribution in [3.8, 4) is 0 Å². The number of piperidine rings is 1. The Kier molecular flexibility index (Phi) is 4.59. The molecule has 1 fully saturated rings. The Morgan fingerprint density at radius 2 is 2.00 bits per heavy atom. The van der Waals surface area contributed by atoms with Crippen LogP contribution in [-0.2, 0) is 0 Å². The fourth-order valence-electron chi connectivity index (χ4n) is 2.89. The van der Waals surface area contributed by atoms with Crippen molar-refractivity contribution in [1.82, 2.24) is 19.9 Å². The summed E-state index contributed by atoms with van der Waals surface area (Å²) in [6, 6.07) is 2.17. The Morgan fingerprint density at radius 1 is 1.28 bits per heavy atom. The number of anilines is 3. The molecule has 2 aromatic heterocycles. The Morgan fingerprint density at radius 3 is 2.60 bits per heavy atom. The van der Waals surface area contributed by atoms with Gasteiger partial charge in [0.25, 0.3) is 0 Å². The van der Waals surface area contributed by atoms with Crippen molar-refractivity contribution in [3.05, 3.63) is 33.9 Å². The number of aryl methyl sites for hydroxylation is 2. The van der Waals surface area contributed by atoms with Crippen LogP contribution in [0.25, 0.3) is 0 Å². The molecule has 3 rings (SSSR count). The van der Waals surface area contributed by atoms with Gasteiger partial charge in [-0.05, 0) is 26.7 Å². The second kappa shape index (κ2) is 6.83. The average molecular weight is 344 g/mol. The summed E-state index contributed by atoms with van der Waals surface area (Å²) in [7, 11) is 0. The first-order valence-corrected chi connectivity index (χ1v) is 8.03. The van der Waals surface area contributed by atoms with Crippen molar-refractivity contribution < 1.29 is 4.92 Å². The third-order valence-electron chi connectivity index (χ3n) is 4.10. The first-order valence-electron chi connectivity index (χ1n) is 8.03. The number of nitro groups is 1. The van der Waals surface area contributed by atoms with Gasteiger partial charge >= 0.3 is 5.69 Å². The molecule has 0 aliphatic carbocycles. The zero-order valence-corrected chi connectivity index (χ0v) is 14.1. The molecule has 0 aromatic carbocycles. The molecule has 1 aliphatic rings. The van der Waals surface area contributed by atoms with Gasteiger partial charge in [0.05, 0.1) is 4.92 Å². The van der Waals surface area contributed by atoms with E-state index < -0.39 is 4.92 Å². The van der Waals surface area contributed by atoms with E-state index in [4.69, 9.17) is 5.73 Å². The van der Waals surface area contributed by atoms with Crippen LogP contribution in [0.15, 0.2) is 12.3 Å². The summed E-state index contributed by atoms with van der Waals surface area (Å²) in [6.07, 6.45) is 2.89. The van der Waals surface area contributed by atoms with Crippen LogP contribution >= 0.6 is 0 Å². The van der Waals surface area contributed by atoms with Crippen LogP contribution in [0.2, 0.25) is 0 Å². The summed E-state index contributed by atoms with van der Waals surface area (Å²) in [5.41, 5.74) is 6.27. The maximum atomic E-state index is 10.8. The lowest BCUT2D eigenvalue weighted by atomic mass is 10.1. The topological polar surface area (TPSA) is 136 Å². The van der Waals surface area contributed by atoms with Crippen molar-refractivity contribution in [2.75, 3.05) is 29.0 Å². The van der Waals surface area contributed by atoms with Crippen molar-refractivity contribution in [1.29, 1.82) is 0 Å². The molecule has 0 radical (unpaired) electrons. The van der Waals surface area contributed by atoms with Gasteiger partial charge in [-0.3, -0.25) is 10.1 Å². The quantitative estimate of drug-likeness (QED) is 0.623. The Labute approximate surface area is 144 Å². The summed E-state index contributed by atoms with van der Waals surface area (Å²) in [6.45, 7) is 5.54. The molecule has 0 spiro atoms. The van der Waals surface area contributed by atoms with Crippen LogP contribution in [0.4, 0.5) is 23.3 Å². The monoisotopic (exact) mass is 344 g/mol. The maximum Gasteiger partial charge on any atom is 0.329 e. The molecule has 0 saturated carbocycles. The summed E-state index contributed by atoms with van der Waals surface area (Å²) in [5, 5.41) is 13.9. The van der Waals surface area contributed by atoms with Crippen LogP contribution < -0.4 is 16.0 Å². The minimum Gasteiger partial charge on any atom is -0.378 e. The fraction of sp³-hybridized carbons (Fsp3) is 0.467. The van der Waals surface area contributed by atoms with Gasteiger partial charge in [0.15, 0.2) is 0 Å². The highest BCUT2D eigenvalue weighted by Gasteiger charge is 2.22. The highest BCUT2D eigenvalue weighted by molar-refractivity contribution is 5.53. The Hall–Kier alpha value is -3.04. The number of nitrogens with one attached hydrogen (secondary N) is 1. The lowest BCUT2D eigenvalue weighted by Crippen LogP contribution is -2.40. The first kappa shape index (κ1) is 16.8. The zero-order chi connectivity index (χ0) is 18.0. The number of nitrogen functional groups attached to an aromatic ring is 1. The molecule has 0 amide bonds. The van der Waals surface area contributed by atoms with Gasteiger partial charge in [-0.25, -0.2) is 15.0 Å². The van der Waals surface area contributed by atoms with Gasteiger partial charge in [-0.15, -0.1) is 0 Å². The van der Waals surface area contributed by atoms with Crippen molar-refractivity contribution in [2.45, 2.75) is 32.7 Å². The number of nitrogens with two attached hydrogens (primary N) is 1. The third-order valence-corrected chi connectivity index (χ3v) is 4.10. The zero-order valence-electron chi connectivity index (χ0n) is 14.1. The van der Waals surface area contributed by atoms with Gasteiger partial charge in [0.2, 0.25) is 11.8 Å². The minimum atomic E-state index is -0.594. The van der Waals surface area contributed by atoms with E-state index in [0.29, 0.717) is 5.95 Å². The van der Waals surface area contributed by atoms with Crippen LogP contribution in [0.1, 0.15) is 24.4 Å². The largest absolute Gasteiger partial charge is 0.378 e. The molecule has 0 bridgehead atoms. The van der Waals surface area contributed by atoms with Crippen LogP contribution in [0, 0.1) is 24.0 Å². The highest BCUT2D eigenvalue weighted by Crippen LogP contribution is 2.22. The summed E-state index contributed by atoms with van der Waals surface area (Å²) in [5.74, 6) is 1.89. The predicted molar refractivity (Wildman–Crippen MR) is 93.5 cm³/mol. The van der Waals surface area contributed by atoms with E-state index in [1.165, 1.54) is 0 Å². The second-order valence-electron chi connectivity index (χ2n) is 6.04. The molecular weight excluding hydrogens is 324 g/mol. The van der Waals surface area contributed by atoms with E-state index >= 15 is 0 Å². The Bertz CT molecular complexity index is 769. The van der Waals surface area contributed by atoms with E-state index in [2.05, 4.69) is 30.2 Å². The average Bonchev–Trinajstić information content (AvgIpc) is 2.54. The van der Waals surface area contributed by atoms with E-state index in [-0.39, 0.29) is 17.5 Å². The second-order valence-corrected chi connectivity index (χ2v) is 6.04. The molecular formula is C15H20N8O2. The summed E-state index contributed by atoms with van der Waals surface area (Å²) in [4.78, 5) is 29.1. The van der Waals surface area contributed by atoms with Crippen molar-refractivity contribution in [3.63, 3.8) is 0 Å². The van der Waals surface area contributed by atoms with E-state index in [0.717, 1.165) is 49.5 Å². The smallest absolute Gasteiger partial charge is 0.329 e. The molecule has 3 N–H and O–H groups in total. The maximum absolute atomic E-state index is 10.8. The molecule has 1 aliphatic heterocycles. The van der Waals surface area contributed by atoms with Crippen molar-refractivity contribution >= 4 is 23.3 Å². The summed E-state index contributed by atoms with van der Waals surface area (Å²) >= 11 is 0. The van der Waals surface area contributed by atoms with Gasteiger partial charge in [-0.1, -0.05) is 0 Å². The molecule has 2 aromatic rings. The molecule has 10 nitrogen and oxygen atoms in total. The van der Waals surface area contributed by atoms with Gasteiger partial charge in [0, 0.05) is 30.9 Å². The number of hydrogen-bond donors (Lipinski definition) is 2. The molecule has 132 valence electrons. The molecule has 0 unspecified atom stereocenters. The van der Waals surface area contributed by atoms with Crippen LogP contribution in [0.3, 0.4) is 0 Å². The van der Waals surface area contributed by atoms with Crippen LogP contribution in [0.5, 0.6) is 0 Å². The van der Waals surface area contributed by atoms with E-state index in [1.807, 2.05) is 19.9 Å². The molecule has 25 heavy (non-hydrogen) atoms. The number of nitrogens with zero attached hydrogens (tertiary/aromatic N) is 6. The van der Waals surface area contributed by atoms with E-state index in [1.54, 1.807) is 0 Å². The Balaban J connectivity index is 1.61. The first-order chi connectivity index (χ1) is 11.9. The van der Waals surface area contributed by atoms with Gasteiger partial charge in [0.1, 0.15) is 17.8 Å². The highest BCUT2D eigenvalue weighted by atomic mass is 16.6. The van der Waals surface area contributed by atoms with E-state index in [9.17, 15) is 10.1 Å². The predicted octanol–water partition coefficient (Wildman–Crippen LogP) is 1.45. The number of hydrogen-bond acceptors (Lipinski definition) is 9. The fourth-order valence-corrected chi connectivity index (χ4v) is 2.89.